The molecule has 0 aromatic carbocycles. The highest BCUT2D eigenvalue weighted by Crippen LogP contribution is 2.34. The molecule has 58 valence electrons. The number of allylic oxidation sites excluding steroid dienone is 1. The van der Waals surface area contributed by atoms with E-state index in [2.05, 4.69) is 32.7 Å². The summed E-state index contributed by atoms with van der Waals surface area (Å²) >= 11 is 0. The quantitative estimate of drug-likeness (QED) is 0.542. The third-order valence-electron chi connectivity index (χ3n) is 2.34. The van der Waals surface area contributed by atoms with Crippen LogP contribution in [0.2, 0.25) is 0 Å². The Kier molecular flexibility index (Phi) is 1.76. The van der Waals surface area contributed by atoms with Crippen molar-refractivity contribution in [1.29, 1.82) is 0 Å². The molecule has 0 unspecified atom stereocenters. The van der Waals surface area contributed by atoms with Crippen molar-refractivity contribution < 1.29 is 0 Å². The van der Waals surface area contributed by atoms with Crippen LogP contribution in [0, 0.1) is 11.3 Å². The van der Waals surface area contributed by atoms with Crippen molar-refractivity contribution in [1.82, 2.24) is 5.32 Å². The zero-order valence-electron chi connectivity index (χ0n) is 7.20. The minimum Gasteiger partial charge on any atom is -0.388 e. The van der Waals surface area contributed by atoms with E-state index in [1.54, 1.807) is 0 Å². The maximum atomic E-state index is 3.99. The summed E-state index contributed by atoms with van der Waals surface area (Å²) in [6, 6.07) is 0. The van der Waals surface area contributed by atoms with Crippen LogP contribution in [0.25, 0.3) is 0 Å². The smallest absolute Gasteiger partial charge is 0.0169 e. The summed E-state index contributed by atoms with van der Waals surface area (Å²) < 4.78 is 0. The average Bonchev–Trinajstić information content (AvgIpc) is 1.78. The molecule has 0 radical (unpaired) electrons. The van der Waals surface area contributed by atoms with E-state index in [0.717, 1.165) is 12.5 Å². The SMILES string of the molecule is C=C1NC[C@@H](C)CC1(C)C. The molecule has 1 aliphatic heterocycles. The molecule has 1 nitrogen and oxygen atoms in total. The van der Waals surface area contributed by atoms with E-state index >= 15 is 0 Å². The van der Waals surface area contributed by atoms with Crippen LogP contribution < -0.4 is 5.32 Å². The molecular formula is C9H17N. The Balaban J connectivity index is 2.63. The zero-order chi connectivity index (χ0) is 7.78. The first-order chi connectivity index (χ1) is 4.52. The monoisotopic (exact) mass is 139 g/mol. The molecule has 1 heterocycles. The molecule has 10 heavy (non-hydrogen) atoms. The van der Waals surface area contributed by atoms with Gasteiger partial charge >= 0.3 is 0 Å². The molecule has 0 aromatic rings. The van der Waals surface area contributed by atoms with Gasteiger partial charge in [-0.3, -0.25) is 0 Å². The molecule has 1 rings (SSSR count). The predicted molar refractivity (Wildman–Crippen MR) is 44.7 cm³/mol. The van der Waals surface area contributed by atoms with E-state index in [9.17, 15) is 0 Å². The number of nitrogens with one attached hydrogen (secondary N) is 1. The lowest BCUT2D eigenvalue weighted by Crippen LogP contribution is -2.37. The zero-order valence-corrected chi connectivity index (χ0v) is 7.20. The summed E-state index contributed by atoms with van der Waals surface area (Å²) in [7, 11) is 0. The minimum absolute atomic E-state index is 0.303. The number of hydrogen-bond acceptors (Lipinski definition) is 1. The summed E-state index contributed by atoms with van der Waals surface area (Å²) in [4.78, 5) is 0. The van der Waals surface area contributed by atoms with Gasteiger partial charge in [0, 0.05) is 17.7 Å². The molecule has 0 bridgehead atoms. The molecule has 0 saturated carbocycles. The standard InChI is InChI=1S/C9H17N/c1-7-5-9(3,4)8(2)10-6-7/h7,10H,2,5-6H2,1,3-4H3/t7-/m0/s1. The lowest BCUT2D eigenvalue weighted by atomic mass is 9.78. The minimum atomic E-state index is 0.303. The van der Waals surface area contributed by atoms with Crippen LogP contribution in [0.15, 0.2) is 12.3 Å². The van der Waals surface area contributed by atoms with E-state index in [-0.39, 0.29) is 0 Å². The van der Waals surface area contributed by atoms with Gasteiger partial charge in [-0.2, -0.15) is 0 Å². The number of hydrogen-bond donors (Lipinski definition) is 1. The Hall–Kier alpha value is -0.460. The largest absolute Gasteiger partial charge is 0.388 e. The Morgan fingerprint density at radius 2 is 2.20 bits per heavy atom. The molecule has 1 N–H and O–H groups in total. The molecule has 0 amide bonds. The van der Waals surface area contributed by atoms with Gasteiger partial charge in [0.2, 0.25) is 0 Å². The van der Waals surface area contributed by atoms with E-state index in [4.69, 9.17) is 0 Å². The Morgan fingerprint density at radius 1 is 1.60 bits per heavy atom. The van der Waals surface area contributed by atoms with Crippen molar-refractivity contribution in [2.75, 3.05) is 6.54 Å². The van der Waals surface area contributed by atoms with Gasteiger partial charge in [-0.1, -0.05) is 27.4 Å². The van der Waals surface area contributed by atoms with Gasteiger partial charge in [-0.25, -0.2) is 0 Å². The lowest BCUT2D eigenvalue weighted by Gasteiger charge is -2.36. The van der Waals surface area contributed by atoms with Crippen molar-refractivity contribution in [3.8, 4) is 0 Å². The first kappa shape index (κ1) is 7.64. The van der Waals surface area contributed by atoms with Crippen LogP contribution in [0.5, 0.6) is 0 Å². The van der Waals surface area contributed by atoms with Crippen molar-refractivity contribution in [2.45, 2.75) is 27.2 Å². The van der Waals surface area contributed by atoms with E-state index in [1.165, 1.54) is 12.1 Å². The van der Waals surface area contributed by atoms with Gasteiger partial charge < -0.3 is 5.32 Å². The normalized spacial score (nSPS) is 31.5. The summed E-state index contributed by atoms with van der Waals surface area (Å²) in [5, 5.41) is 3.33. The van der Waals surface area contributed by atoms with Crippen molar-refractivity contribution in [3.05, 3.63) is 12.3 Å². The van der Waals surface area contributed by atoms with E-state index < -0.39 is 0 Å². The van der Waals surface area contributed by atoms with Crippen LogP contribution in [-0.4, -0.2) is 6.54 Å². The van der Waals surface area contributed by atoms with Crippen molar-refractivity contribution in [2.24, 2.45) is 11.3 Å². The summed E-state index contributed by atoms with van der Waals surface area (Å²) in [5.41, 5.74) is 1.50. The molecule has 0 aromatic heterocycles. The van der Waals surface area contributed by atoms with E-state index in [0.29, 0.717) is 5.41 Å². The summed E-state index contributed by atoms with van der Waals surface area (Å²) in [6.45, 7) is 11.9. The van der Waals surface area contributed by atoms with Gasteiger partial charge in [0.25, 0.3) is 0 Å². The fraction of sp³-hybridized carbons (Fsp3) is 0.778. The highest BCUT2D eigenvalue weighted by atomic mass is 14.9. The van der Waals surface area contributed by atoms with Crippen LogP contribution in [-0.2, 0) is 0 Å². The van der Waals surface area contributed by atoms with Gasteiger partial charge in [-0.05, 0) is 12.3 Å². The highest BCUT2D eigenvalue weighted by Gasteiger charge is 2.28. The van der Waals surface area contributed by atoms with Gasteiger partial charge in [0.1, 0.15) is 0 Å². The highest BCUT2D eigenvalue weighted by molar-refractivity contribution is 5.08. The molecule has 1 fully saturated rings. The maximum absolute atomic E-state index is 3.99. The van der Waals surface area contributed by atoms with Gasteiger partial charge in [0.05, 0.1) is 0 Å². The molecule has 0 spiro atoms. The van der Waals surface area contributed by atoms with E-state index in [1.807, 2.05) is 0 Å². The Bertz CT molecular complexity index is 147. The second-order valence-electron chi connectivity index (χ2n) is 4.05. The first-order valence-corrected chi connectivity index (χ1v) is 3.95. The van der Waals surface area contributed by atoms with Crippen LogP contribution >= 0.6 is 0 Å². The van der Waals surface area contributed by atoms with Crippen LogP contribution in [0.1, 0.15) is 27.2 Å². The second kappa shape index (κ2) is 2.30. The van der Waals surface area contributed by atoms with Crippen molar-refractivity contribution >= 4 is 0 Å². The average molecular weight is 139 g/mol. The molecule has 1 heteroatoms. The maximum Gasteiger partial charge on any atom is 0.0169 e. The van der Waals surface area contributed by atoms with Gasteiger partial charge in [0.15, 0.2) is 0 Å². The molecule has 1 atom stereocenters. The lowest BCUT2D eigenvalue weighted by molar-refractivity contribution is 0.265. The van der Waals surface area contributed by atoms with Crippen LogP contribution in [0.4, 0.5) is 0 Å². The summed E-state index contributed by atoms with van der Waals surface area (Å²) in [6.07, 6.45) is 1.26. The Labute approximate surface area is 63.5 Å². The second-order valence-corrected chi connectivity index (χ2v) is 4.05. The van der Waals surface area contributed by atoms with Crippen molar-refractivity contribution in [3.63, 3.8) is 0 Å². The first-order valence-electron chi connectivity index (χ1n) is 3.95. The summed E-state index contributed by atoms with van der Waals surface area (Å²) in [5.74, 6) is 0.792. The van der Waals surface area contributed by atoms with Gasteiger partial charge in [-0.15, -0.1) is 0 Å². The molecule has 0 aliphatic carbocycles. The third-order valence-corrected chi connectivity index (χ3v) is 2.34. The third kappa shape index (κ3) is 1.34. The Morgan fingerprint density at radius 3 is 2.60 bits per heavy atom. The number of rotatable bonds is 0. The fourth-order valence-electron chi connectivity index (χ4n) is 1.60. The number of piperidine rings is 1. The van der Waals surface area contributed by atoms with Crippen LogP contribution in [0.3, 0.4) is 0 Å². The predicted octanol–water partition coefficient (Wildman–Crippen LogP) is 2.16. The molecule has 1 aliphatic rings. The molecule has 1 saturated heterocycles. The molecular weight excluding hydrogens is 122 g/mol. The fourth-order valence-corrected chi connectivity index (χ4v) is 1.60. The topological polar surface area (TPSA) is 12.0 Å².